The van der Waals surface area contributed by atoms with Gasteiger partial charge in [-0.15, -0.1) is 0 Å². The second-order valence-corrected chi connectivity index (χ2v) is 11.6. The lowest BCUT2D eigenvalue weighted by molar-refractivity contribution is -0.0604. The molecule has 7 nitrogen and oxygen atoms in total. The zero-order valence-electron chi connectivity index (χ0n) is 26.1. The highest BCUT2D eigenvalue weighted by molar-refractivity contribution is 5.60. The van der Waals surface area contributed by atoms with Crippen molar-refractivity contribution in [3.05, 3.63) is 113 Å². The van der Waals surface area contributed by atoms with Crippen LogP contribution in [0.5, 0.6) is 0 Å². The minimum atomic E-state index is -1.23. The summed E-state index contributed by atoms with van der Waals surface area (Å²) in [5.74, 6) is -0.219. The smallest absolute Gasteiger partial charge is 0.144 e. The lowest BCUT2D eigenvalue weighted by atomic mass is 9.55. The third-order valence-electron chi connectivity index (χ3n) is 8.91. The summed E-state index contributed by atoms with van der Waals surface area (Å²) < 4.78 is 18.6. The second-order valence-electron chi connectivity index (χ2n) is 11.6. The monoisotopic (exact) mass is 586 g/mol. The minimum absolute atomic E-state index is 0.0514. The predicted octanol–water partition coefficient (Wildman–Crippen LogP) is 6.86. The molecule has 1 heterocycles. The molecule has 1 fully saturated rings. The highest BCUT2D eigenvalue weighted by Crippen LogP contribution is 2.60. The van der Waals surface area contributed by atoms with Gasteiger partial charge < -0.3 is 19.1 Å². The van der Waals surface area contributed by atoms with Crippen LogP contribution in [0.1, 0.15) is 25.0 Å². The molecule has 0 spiro atoms. The van der Waals surface area contributed by atoms with Crippen LogP contribution in [0.3, 0.4) is 0 Å². The summed E-state index contributed by atoms with van der Waals surface area (Å²) in [5, 5.41) is 30.7. The highest BCUT2D eigenvalue weighted by Gasteiger charge is 2.65. The summed E-state index contributed by atoms with van der Waals surface area (Å²) in [4.78, 5) is 2.05. The summed E-state index contributed by atoms with van der Waals surface area (Å²) in [7, 11) is 7.26. The van der Waals surface area contributed by atoms with Gasteiger partial charge in [0, 0.05) is 38.7 Å². The third kappa shape index (κ3) is 5.71. The van der Waals surface area contributed by atoms with Crippen LogP contribution in [0, 0.1) is 51.2 Å². The van der Waals surface area contributed by atoms with Gasteiger partial charge in [-0.25, -0.2) is 0 Å². The minimum Gasteiger partial charge on any atom is -0.497 e. The first kappa shape index (κ1) is 32.1. The van der Waals surface area contributed by atoms with Gasteiger partial charge in [0.25, 0.3) is 0 Å². The summed E-state index contributed by atoms with van der Waals surface area (Å²) in [6.45, 7) is 4.00. The quantitative estimate of drug-likeness (QED) is 0.296. The maximum absolute atomic E-state index is 10.6. The first-order valence-corrected chi connectivity index (χ1v) is 14.4. The third-order valence-corrected chi connectivity index (χ3v) is 8.91. The van der Waals surface area contributed by atoms with Crippen LogP contribution in [0.15, 0.2) is 102 Å². The van der Waals surface area contributed by atoms with E-state index in [1.165, 1.54) is 0 Å². The molecule has 44 heavy (non-hydrogen) atoms. The molecule has 0 aromatic heterocycles. The van der Waals surface area contributed by atoms with Crippen molar-refractivity contribution in [3.63, 3.8) is 0 Å². The number of nitrogens with zero attached hydrogens (tertiary/aromatic N) is 4. The Kier molecular flexibility index (Phi) is 9.61. The van der Waals surface area contributed by atoms with Crippen LogP contribution in [0.25, 0.3) is 12.2 Å². The molecule has 4 rings (SSSR count). The van der Waals surface area contributed by atoms with Gasteiger partial charge in [0.1, 0.15) is 29.1 Å². The zero-order valence-corrected chi connectivity index (χ0v) is 26.1. The van der Waals surface area contributed by atoms with E-state index in [1.807, 2.05) is 112 Å². The van der Waals surface area contributed by atoms with Crippen molar-refractivity contribution < 1.29 is 14.2 Å². The van der Waals surface area contributed by atoms with Crippen molar-refractivity contribution in [2.45, 2.75) is 25.0 Å². The largest absolute Gasteiger partial charge is 0.497 e. The standard InChI is InChI=1S/C37H38N4O3/c1-35(2)36(33(25-40)29(23-38)24-39,20-18-27-10-8-7-9-11-27)34(26-44-35)37(43-6)21-19-32(42-5)22-30(37)15-12-28-13-16-31(17-14-28)41(3)4/h7-22,30,34H,26H2,1-6H3. The van der Waals surface area contributed by atoms with E-state index in [0.29, 0.717) is 5.76 Å². The molecule has 224 valence electrons. The van der Waals surface area contributed by atoms with Gasteiger partial charge in [-0.1, -0.05) is 66.8 Å². The van der Waals surface area contributed by atoms with E-state index >= 15 is 0 Å². The number of anilines is 1. The molecule has 4 atom stereocenters. The molecule has 1 saturated heterocycles. The molecule has 1 aliphatic carbocycles. The lowest BCUT2D eigenvalue weighted by Gasteiger charge is -2.50. The van der Waals surface area contributed by atoms with Gasteiger partial charge in [0.15, 0.2) is 0 Å². The number of hydrogen-bond donors (Lipinski definition) is 0. The molecular formula is C37H38N4O3. The Hall–Kier alpha value is -4.87. The topological polar surface area (TPSA) is 102 Å². The number of ether oxygens (including phenoxy) is 3. The Morgan fingerprint density at radius 3 is 2.16 bits per heavy atom. The molecule has 0 N–H and O–H groups in total. The van der Waals surface area contributed by atoms with Crippen LogP contribution < -0.4 is 4.90 Å². The van der Waals surface area contributed by atoms with Gasteiger partial charge in [0.05, 0.1) is 36.4 Å². The fraction of sp³-hybridized carbons (Fsp3) is 0.324. The van der Waals surface area contributed by atoms with Crippen LogP contribution in [-0.2, 0) is 14.2 Å². The van der Waals surface area contributed by atoms with Gasteiger partial charge in [0.2, 0.25) is 0 Å². The zero-order chi connectivity index (χ0) is 32.0. The average molecular weight is 587 g/mol. The highest BCUT2D eigenvalue weighted by atomic mass is 16.5. The number of methoxy groups -OCH3 is 2. The summed E-state index contributed by atoms with van der Waals surface area (Å²) in [5.41, 5.74) is -0.450. The van der Waals surface area contributed by atoms with Crippen LogP contribution in [0.2, 0.25) is 0 Å². The van der Waals surface area contributed by atoms with Crippen LogP contribution in [0.4, 0.5) is 5.69 Å². The second kappa shape index (κ2) is 13.2. The molecule has 0 bridgehead atoms. The maximum atomic E-state index is 10.6. The molecule has 0 saturated carbocycles. The number of allylic oxidation sites excluding steroid dienone is 2. The average Bonchev–Trinajstić information content (AvgIpc) is 3.32. The summed E-state index contributed by atoms with van der Waals surface area (Å²) in [6, 6.07) is 24.1. The molecule has 2 aromatic rings. The molecule has 2 aliphatic rings. The normalized spacial score (nSPS) is 25.6. The van der Waals surface area contributed by atoms with E-state index in [0.717, 1.165) is 16.8 Å². The lowest BCUT2D eigenvalue weighted by Crippen LogP contribution is -2.55. The Bertz CT molecular complexity index is 1610. The van der Waals surface area contributed by atoms with E-state index in [9.17, 15) is 15.8 Å². The Morgan fingerprint density at radius 2 is 1.59 bits per heavy atom. The SMILES string of the molecule is COC1=CC(C=Cc2ccc(N(C)C)cc2)C(OC)(C2COC(C)(C)C2(C=Cc2ccccc2)C(C#N)=C(C#N)C#N)C=C1. The van der Waals surface area contributed by atoms with E-state index in [2.05, 4.69) is 36.4 Å². The molecule has 2 aromatic carbocycles. The molecule has 0 radical (unpaired) electrons. The fourth-order valence-corrected chi connectivity index (χ4v) is 6.43. The van der Waals surface area contributed by atoms with Crippen molar-refractivity contribution >= 4 is 17.8 Å². The van der Waals surface area contributed by atoms with Crippen molar-refractivity contribution in [1.82, 2.24) is 0 Å². The van der Waals surface area contributed by atoms with E-state index in [1.54, 1.807) is 14.2 Å². The van der Waals surface area contributed by atoms with Crippen molar-refractivity contribution in [1.29, 1.82) is 15.8 Å². The van der Waals surface area contributed by atoms with Crippen molar-refractivity contribution in [3.8, 4) is 18.2 Å². The Balaban J connectivity index is 1.96. The van der Waals surface area contributed by atoms with Gasteiger partial charge in [-0.2, -0.15) is 15.8 Å². The number of benzene rings is 2. The van der Waals surface area contributed by atoms with Crippen LogP contribution in [-0.4, -0.2) is 46.1 Å². The molecule has 0 amide bonds. The van der Waals surface area contributed by atoms with E-state index in [-0.39, 0.29) is 23.7 Å². The van der Waals surface area contributed by atoms with E-state index in [4.69, 9.17) is 14.2 Å². The fourth-order valence-electron chi connectivity index (χ4n) is 6.43. The Morgan fingerprint density at radius 1 is 0.932 bits per heavy atom. The van der Waals surface area contributed by atoms with Crippen LogP contribution >= 0.6 is 0 Å². The number of rotatable bonds is 9. The van der Waals surface area contributed by atoms with Gasteiger partial charge in [-0.05, 0) is 55.3 Å². The van der Waals surface area contributed by atoms with Gasteiger partial charge >= 0.3 is 0 Å². The summed E-state index contributed by atoms with van der Waals surface area (Å²) in [6.07, 6.45) is 13.8. The number of hydrogen-bond acceptors (Lipinski definition) is 7. The number of nitriles is 3. The first-order valence-electron chi connectivity index (χ1n) is 14.4. The predicted molar refractivity (Wildman–Crippen MR) is 173 cm³/mol. The molecule has 7 heteroatoms. The van der Waals surface area contributed by atoms with Crippen molar-refractivity contribution in [2.75, 3.05) is 39.8 Å². The maximum Gasteiger partial charge on any atom is 0.144 e. The van der Waals surface area contributed by atoms with Gasteiger partial charge in [-0.3, -0.25) is 0 Å². The molecule has 1 aliphatic heterocycles. The van der Waals surface area contributed by atoms with E-state index < -0.39 is 22.5 Å². The molecular weight excluding hydrogens is 548 g/mol. The Labute approximate surface area is 260 Å². The summed E-state index contributed by atoms with van der Waals surface area (Å²) >= 11 is 0. The van der Waals surface area contributed by atoms with Crippen molar-refractivity contribution in [2.24, 2.45) is 17.3 Å². The first-order chi connectivity index (χ1) is 21.1. The molecule has 4 unspecified atom stereocenters.